The molecule has 2 aliphatic rings. The summed E-state index contributed by atoms with van der Waals surface area (Å²) in [6.45, 7) is 1.97. The van der Waals surface area contributed by atoms with Crippen LogP contribution in [0, 0.1) is 0 Å². The topological polar surface area (TPSA) is 75.7 Å². The van der Waals surface area contributed by atoms with E-state index in [4.69, 9.17) is 4.74 Å². The van der Waals surface area contributed by atoms with Crippen LogP contribution in [-0.2, 0) is 11.3 Å². The smallest absolute Gasteiger partial charge is 0.238 e. The molecule has 6 nitrogen and oxygen atoms in total. The molecule has 1 N–H and O–H groups in total. The minimum absolute atomic E-state index is 0.175. The SMILES string of the molecule is O=C(CN1CCOc2ccccc2C1)Nc1ccc2c(c1)C(=O)c1ccccc1C2=O. The molecule has 1 aliphatic heterocycles. The van der Waals surface area contributed by atoms with E-state index >= 15 is 0 Å². The Morgan fingerprint density at radius 3 is 2.35 bits per heavy atom. The lowest BCUT2D eigenvalue weighted by Gasteiger charge is -2.20. The van der Waals surface area contributed by atoms with Crippen LogP contribution >= 0.6 is 0 Å². The number of fused-ring (bicyclic) bond motifs is 3. The zero-order valence-electron chi connectivity index (χ0n) is 16.8. The Morgan fingerprint density at radius 1 is 0.871 bits per heavy atom. The van der Waals surface area contributed by atoms with Gasteiger partial charge in [0.15, 0.2) is 11.6 Å². The van der Waals surface area contributed by atoms with Crippen LogP contribution in [0.25, 0.3) is 0 Å². The van der Waals surface area contributed by atoms with Gasteiger partial charge in [-0.3, -0.25) is 19.3 Å². The minimum atomic E-state index is -0.206. The molecule has 0 unspecified atom stereocenters. The summed E-state index contributed by atoms with van der Waals surface area (Å²) >= 11 is 0. The van der Waals surface area contributed by atoms with Gasteiger partial charge in [0.25, 0.3) is 0 Å². The van der Waals surface area contributed by atoms with E-state index in [0.717, 1.165) is 11.3 Å². The number of nitrogens with zero attached hydrogens (tertiary/aromatic N) is 1. The first-order chi connectivity index (χ1) is 15.1. The number of nitrogens with one attached hydrogen (secondary N) is 1. The maximum Gasteiger partial charge on any atom is 0.238 e. The van der Waals surface area contributed by atoms with Crippen molar-refractivity contribution in [3.63, 3.8) is 0 Å². The molecule has 0 radical (unpaired) electrons. The molecular formula is C25H20N2O4. The van der Waals surface area contributed by atoms with Gasteiger partial charge in [-0.05, 0) is 24.3 Å². The summed E-state index contributed by atoms with van der Waals surface area (Å²) in [6.07, 6.45) is 0. The Kier molecular flexibility index (Phi) is 4.84. The first-order valence-electron chi connectivity index (χ1n) is 10.2. The standard InChI is InChI=1S/C25H20N2O4/c28-23(15-27-11-12-31-22-8-4-1-5-16(22)14-27)26-17-9-10-20-21(13-17)25(30)19-7-3-2-6-18(19)24(20)29/h1-10,13H,11-12,14-15H2,(H,26,28). The van der Waals surface area contributed by atoms with Gasteiger partial charge in [0.2, 0.25) is 5.91 Å². The molecule has 5 rings (SSSR count). The zero-order valence-corrected chi connectivity index (χ0v) is 16.8. The fourth-order valence-electron chi connectivity index (χ4n) is 4.10. The molecule has 0 fully saturated rings. The molecule has 3 aromatic carbocycles. The van der Waals surface area contributed by atoms with E-state index in [0.29, 0.717) is 47.6 Å². The molecule has 6 heteroatoms. The first kappa shape index (κ1) is 19.2. The van der Waals surface area contributed by atoms with Crippen LogP contribution in [0.4, 0.5) is 5.69 Å². The quantitative estimate of drug-likeness (QED) is 0.559. The first-order valence-corrected chi connectivity index (χ1v) is 10.2. The number of benzene rings is 3. The van der Waals surface area contributed by atoms with Gasteiger partial charge in [-0.1, -0.05) is 42.5 Å². The van der Waals surface area contributed by atoms with Gasteiger partial charge < -0.3 is 10.1 Å². The maximum atomic E-state index is 12.9. The molecule has 0 saturated carbocycles. The fraction of sp³-hybridized carbons (Fsp3) is 0.160. The third-order valence-corrected chi connectivity index (χ3v) is 5.61. The second-order valence-electron chi connectivity index (χ2n) is 7.68. The Balaban J connectivity index is 1.32. The highest BCUT2D eigenvalue weighted by molar-refractivity contribution is 6.28. The highest BCUT2D eigenvalue weighted by atomic mass is 16.5. The van der Waals surface area contributed by atoms with E-state index in [2.05, 4.69) is 5.32 Å². The number of hydrogen-bond acceptors (Lipinski definition) is 5. The maximum absolute atomic E-state index is 12.9. The molecule has 31 heavy (non-hydrogen) atoms. The van der Waals surface area contributed by atoms with Crippen LogP contribution in [0.15, 0.2) is 66.7 Å². The third-order valence-electron chi connectivity index (χ3n) is 5.61. The molecule has 0 spiro atoms. The Labute approximate surface area is 179 Å². The molecule has 1 amide bonds. The molecular weight excluding hydrogens is 392 g/mol. The van der Waals surface area contributed by atoms with Crippen molar-refractivity contribution in [2.24, 2.45) is 0 Å². The summed E-state index contributed by atoms with van der Waals surface area (Å²) in [5, 5.41) is 2.86. The van der Waals surface area contributed by atoms with Gasteiger partial charge >= 0.3 is 0 Å². The largest absolute Gasteiger partial charge is 0.492 e. The summed E-state index contributed by atoms with van der Waals surface area (Å²) in [4.78, 5) is 40.3. The summed E-state index contributed by atoms with van der Waals surface area (Å²) in [7, 11) is 0. The minimum Gasteiger partial charge on any atom is -0.492 e. The van der Waals surface area contributed by atoms with Crippen molar-refractivity contribution in [2.45, 2.75) is 6.54 Å². The fourth-order valence-corrected chi connectivity index (χ4v) is 4.10. The lowest BCUT2D eigenvalue weighted by atomic mass is 9.84. The lowest BCUT2D eigenvalue weighted by molar-refractivity contribution is -0.117. The van der Waals surface area contributed by atoms with Crippen molar-refractivity contribution in [2.75, 3.05) is 25.0 Å². The predicted octanol–water partition coefficient (Wildman–Crippen LogP) is 3.30. The number of ether oxygens (including phenoxy) is 1. The summed E-state index contributed by atoms with van der Waals surface area (Å²) in [5.74, 6) is 0.284. The third kappa shape index (κ3) is 3.62. The number of hydrogen-bond donors (Lipinski definition) is 1. The second kappa shape index (κ2) is 7.81. The van der Waals surface area contributed by atoms with E-state index < -0.39 is 0 Å². The molecule has 154 valence electrons. The highest BCUT2D eigenvalue weighted by Gasteiger charge is 2.29. The van der Waals surface area contributed by atoms with Crippen molar-refractivity contribution < 1.29 is 19.1 Å². The number of rotatable bonds is 3. The van der Waals surface area contributed by atoms with Crippen LogP contribution < -0.4 is 10.1 Å². The van der Waals surface area contributed by atoms with Gasteiger partial charge in [0.1, 0.15) is 12.4 Å². The molecule has 3 aromatic rings. The highest BCUT2D eigenvalue weighted by Crippen LogP contribution is 2.29. The van der Waals surface area contributed by atoms with Gasteiger partial charge in [-0.15, -0.1) is 0 Å². The molecule has 1 heterocycles. The number of carbonyl (C=O) groups is 3. The van der Waals surface area contributed by atoms with Crippen molar-refractivity contribution in [3.05, 3.63) is 94.5 Å². The van der Waals surface area contributed by atoms with E-state index in [9.17, 15) is 14.4 Å². The van der Waals surface area contributed by atoms with E-state index in [1.165, 1.54) is 0 Å². The predicted molar refractivity (Wildman–Crippen MR) is 116 cm³/mol. The average Bonchev–Trinajstić information content (AvgIpc) is 2.99. The Bertz CT molecular complexity index is 1220. The molecule has 1 aliphatic carbocycles. The summed E-state index contributed by atoms with van der Waals surface area (Å²) < 4.78 is 5.75. The number of anilines is 1. The van der Waals surface area contributed by atoms with Crippen molar-refractivity contribution in [1.82, 2.24) is 4.90 Å². The van der Waals surface area contributed by atoms with E-state index in [1.807, 2.05) is 29.2 Å². The van der Waals surface area contributed by atoms with Crippen LogP contribution in [0.5, 0.6) is 5.75 Å². The molecule has 0 bridgehead atoms. The number of carbonyl (C=O) groups excluding carboxylic acids is 3. The molecule has 0 aromatic heterocycles. The van der Waals surface area contributed by atoms with Crippen LogP contribution in [0.2, 0.25) is 0 Å². The number of ketones is 2. The van der Waals surface area contributed by atoms with Crippen LogP contribution in [0.3, 0.4) is 0 Å². The van der Waals surface area contributed by atoms with Crippen LogP contribution in [-0.4, -0.2) is 42.1 Å². The van der Waals surface area contributed by atoms with Gasteiger partial charge in [-0.2, -0.15) is 0 Å². The van der Waals surface area contributed by atoms with E-state index in [-0.39, 0.29) is 24.0 Å². The molecule has 0 atom stereocenters. The Hall–Kier alpha value is -3.77. The zero-order chi connectivity index (χ0) is 21.4. The average molecular weight is 412 g/mol. The lowest BCUT2D eigenvalue weighted by Crippen LogP contribution is -2.34. The summed E-state index contributed by atoms with van der Waals surface area (Å²) in [6, 6.07) is 19.5. The van der Waals surface area contributed by atoms with Gasteiger partial charge in [0.05, 0.1) is 6.54 Å². The number of amides is 1. The van der Waals surface area contributed by atoms with Crippen molar-refractivity contribution in [3.8, 4) is 5.75 Å². The van der Waals surface area contributed by atoms with Gasteiger partial charge in [0, 0.05) is 46.6 Å². The monoisotopic (exact) mass is 412 g/mol. The van der Waals surface area contributed by atoms with Gasteiger partial charge in [-0.25, -0.2) is 0 Å². The van der Waals surface area contributed by atoms with Crippen LogP contribution in [0.1, 0.15) is 37.4 Å². The summed E-state index contributed by atoms with van der Waals surface area (Å²) in [5.41, 5.74) is 3.04. The number of para-hydroxylation sites is 1. The van der Waals surface area contributed by atoms with Crippen molar-refractivity contribution >= 4 is 23.2 Å². The Morgan fingerprint density at radius 2 is 1.55 bits per heavy atom. The second-order valence-corrected chi connectivity index (χ2v) is 7.68. The molecule has 0 saturated heterocycles. The van der Waals surface area contributed by atoms with E-state index in [1.54, 1.807) is 42.5 Å². The normalized spacial score (nSPS) is 15.2. The van der Waals surface area contributed by atoms with Crippen molar-refractivity contribution in [1.29, 1.82) is 0 Å².